The van der Waals surface area contributed by atoms with E-state index in [2.05, 4.69) is 266 Å². The minimum Gasteiger partial charge on any atom is -0.310 e. The van der Waals surface area contributed by atoms with E-state index in [9.17, 15) is 0 Å². The first-order valence-corrected chi connectivity index (χ1v) is 21.7. The highest BCUT2D eigenvalue weighted by atomic mass is 15.1. The van der Waals surface area contributed by atoms with Crippen LogP contribution in [-0.4, -0.2) is 0 Å². The van der Waals surface area contributed by atoms with Crippen LogP contribution >= 0.6 is 0 Å². The molecule has 0 N–H and O–H groups in total. The van der Waals surface area contributed by atoms with Crippen molar-refractivity contribution in [2.24, 2.45) is 0 Å². The van der Waals surface area contributed by atoms with Gasteiger partial charge in [0.05, 0.1) is 5.69 Å². The molecule has 1 heteroatoms. The highest BCUT2D eigenvalue weighted by Gasteiger charge is 2.21. The second-order valence-corrected chi connectivity index (χ2v) is 16.0. The molecule has 0 heterocycles. The van der Waals surface area contributed by atoms with E-state index in [1.807, 2.05) is 0 Å². The molecule has 0 spiro atoms. The summed E-state index contributed by atoms with van der Waals surface area (Å²) in [6.45, 7) is 0. The zero-order valence-corrected chi connectivity index (χ0v) is 34.8. The van der Waals surface area contributed by atoms with E-state index < -0.39 is 0 Å². The van der Waals surface area contributed by atoms with Crippen LogP contribution < -0.4 is 4.90 Å². The van der Waals surface area contributed by atoms with Gasteiger partial charge in [-0.15, -0.1) is 0 Å². The normalized spacial score (nSPS) is 11.2. The third-order valence-corrected chi connectivity index (χ3v) is 12.3. The second-order valence-electron chi connectivity index (χ2n) is 16.0. The van der Waals surface area contributed by atoms with Gasteiger partial charge >= 0.3 is 0 Å². The van der Waals surface area contributed by atoms with Crippen molar-refractivity contribution in [3.05, 3.63) is 261 Å². The van der Waals surface area contributed by atoms with Crippen LogP contribution in [0.5, 0.6) is 0 Å². The Morgan fingerprint density at radius 1 is 0.190 bits per heavy atom. The molecule has 0 saturated heterocycles. The van der Waals surface area contributed by atoms with E-state index >= 15 is 0 Å². The Balaban J connectivity index is 1.06. The lowest BCUT2D eigenvalue weighted by atomic mass is 9.85. The monoisotopic (exact) mass is 801 g/mol. The molecule has 0 bridgehead atoms. The molecule has 0 aromatic heterocycles. The van der Waals surface area contributed by atoms with Crippen molar-refractivity contribution >= 4 is 38.6 Å². The lowest BCUT2D eigenvalue weighted by Gasteiger charge is -2.29. The van der Waals surface area contributed by atoms with Gasteiger partial charge in [0.2, 0.25) is 0 Å². The average molecular weight is 802 g/mol. The van der Waals surface area contributed by atoms with Gasteiger partial charge in [-0.3, -0.25) is 0 Å². The molecule has 0 unspecified atom stereocenters. The van der Waals surface area contributed by atoms with Crippen LogP contribution in [-0.2, 0) is 0 Å². The number of para-hydroxylation sites is 1. The van der Waals surface area contributed by atoms with Crippen LogP contribution in [0.3, 0.4) is 0 Å². The Morgan fingerprint density at radius 3 is 1.06 bits per heavy atom. The molecule has 1 nitrogen and oxygen atoms in total. The van der Waals surface area contributed by atoms with E-state index in [1.54, 1.807) is 0 Å². The first-order valence-electron chi connectivity index (χ1n) is 21.7. The lowest BCUT2D eigenvalue weighted by Crippen LogP contribution is -2.11. The number of benzene rings is 11. The smallest absolute Gasteiger partial charge is 0.0540 e. The van der Waals surface area contributed by atoms with Crippen molar-refractivity contribution in [1.82, 2.24) is 0 Å². The third-order valence-electron chi connectivity index (χ3n) is 12.3. The Morgan fingerprint density at radius 2 is 0.524 bits per heavy atom. The van der Waals surface area contributed by atoms with Crippen LogP contribution in [0.15, 0.2) is 261 Å². The number of hydrogen-bond acceptors (Lipinski definition) is 1. The molecule has 11 aromatic carbocycles. The molecule has 0 aliphatic rings. The van der Waals surface area contributed by atoms with Crippen LogP contribution in [0.1, 0.15) is 0 Å². The van der Waals surface area contributed by atoms with Crippen LogP contribution in [0, 0.1) is 0 Å². The molecule has 0 amide bonds. The molecule has 11 rings (SSSR count). The van der Waals surface area contributed by atoms with Crippen LogP contribution in [0.2, 0.25) is 0 Å². The maximum Gasteiger partial charge on any atom is 0.0540 e. The van der Waals surface area contributed by atoms with Gasteiger partial charge in [-0.25, -0.2) is 0 Å². The Labute approximate surface area is 369 Å². The fourth-order valence-electron chi connectivity index (χ4n) is 9.34. The lowest BCUT2D eigenvalue weighted by molar-refractivity contribution is 1.28. The van der Waals surface area contributed by atoms with Crippen LogP contribution in [0.4, 0.5) is 17.1 Å². The van der Waals surface area contributed by atoms with Crippen molar-refractivity contribution in [2.75, 3.05) is 4.90 Å². The van der Waals surface area contributed by atoms with Gasteiger partial charge < -0.3 is 4.90 Å². The Bertz CT molecular complexity index is 3370. The maximum absolute atomic E-state index is 2.41. The van der Waals surface area contributed by atoms with Gasteiger partial charge in [0.15, 0.2) is 0 Å². The van der Waals surface area contributed by atoms with Crippen molar-refractivity contribution in [3.63, 3.8) is 0 Å². The fraction of sp³-hybridized carbons (Fsp3) is 0. The molecule has 0 saturated carbocycles. The van der Waals surface area contributed by atoms with E-state index in [1.165, 1.54) is 82.7 Å². The van der Waals surface area contributed by atoms with Crippen molar-refractivity contribution in [2.45, 2.75) is 0 Å². The summed E-state index contributed by atoms with van der Waals surface area (Å²) in [5.41, 5.74) is 17.6. The van der Waals surface area contributed by atoms with Crippen molar-refractivity contribution in [1.29, 1.82) is 0 Å². The predicted octanol–water partition coefficient (Wildman–Crippen LogP) is 17.5. The summed E-state index contributed by atoms with van der Waals surface area (Å²) in [5.74, 6) is 0. The van der Waals surface area contributed by atoms with Gasteiger partial charge in [-0.1, -0.05) is 231 Å². The predicted molar refractivity (Wildman–Crippen MR) is 269 cm³/mol. The first kappa shape index (κ1) is 37.7. The number of anilines is 3. The van der Waals surface area contributed by atoms with E-state index in [-0.39, 0.29) is 0 Å². The molecule has 0 aliphatic carbocycles. The molecule has 0 radical (unpaired) electrons. The summed E-state index contributed by atoms with van der Waals surface area (Å²) in [6, 6.07) is 94.7. The summed E-state index contributed by atoms with van der Waals surface area (Å²) in [5, 5.41) is 4.98. The highest BCUT2D eigenvalue weighted by Crippen LogP contribution is 2.47. The van der Waals surface area contributed by atoms with Gasteiger partial charge in [0, 0.05) is 16.9 Å². The van der Waals surface area contributed by atoms with Crippen molar-refractivity contribution in [3.8, 4) is 66.8 Å². The highest BCUT2D eigenvalue weighted by molar-refractivity contribution is 6.04. The Kier molecular flexibility index (Phi) is 9.97. The quantitative estimate of drug-likeness (QED) is 0.141. The summed E-state index contributed by atoms with van der Waals surface area (Å²) in [6.07, 6.45) is 0. The van der Waals surface area contributed by atoms with Gasteiger partial charge in [0.1, 0.15) is 0 Å². The second kappa shape index (κ2) is 16.7. The largest absolute Gasteiger partial charge is 0.310 e. The summed E-state index contributed by atoms with van der Waals surface area (Å²) in [4.78, 5) is 2.41. The third kappa shape index (κ3) is 7.16. The van der Waals surface area contributed by atoms with Crippen LogP contribution in [0.25, 0.3) is 88.3 Å². The zero-order valence-electron chi connectivity index (χ0n) is 34.8. The fourth-order valence-corrected chi connectivity index (χ4v) is 9.34. The molecule has 11 aromatic rings. The zero-order chi connectivity index (χ0) is 42.0. The van der Waals surface area contributed by atoms with Crippen molar-refractivity contribution < 1.29 is 0 Å². The molecule has 0 fully saturated rings. The maximum atomic E-state index is 2.41. The van der Waals surface area contributed by atoms with Gasteiger partial charge in [-0.05, 0) is 113 Å². The van der Waals surface area contributed by atoms with E-state index in [4.69, 9.17) is 0 Å². The number of fused-ring (bicyclic) bond motifs is 2. The molecular weight excluding hydrogens is 759 g/mol. The SMILES string of the molecule is c1ccc(-c2ccc(N(c3ccc(-c4cccc5ccccc45)cc3)c3ccccc3-c3ccccc3-c3ccccc3-c3ccccc3-c3cccc4ccccc34)cc2)cc1. The standard InChI is InChI=1S/C62H43N/c1-2-18-44(19-3-1)45-36-40-49(41-37-45)63(50-42-38-48(39-43-50)52-33-16-22-46-20-4-6-24-51(46)52)62-35-15-14-32-61(62)60-31-13-12-30-59(60)58-29-11-10-28-57(58)56-27-9-8-26-55(56)54-34-17-23-47-21-5-7-25-53(47)54/h1-43H. The minimum atomic E-state index is 1.08. The molecule has 63 heavy (non-hydrogen) atoms. The number of nitrogens with zero attached hydrogens (tertiary/aromatic N) is 1. The van der Waals surface area contributed by atoms with E-state index in [0.29, 0.717) is 0 Å². The summed E-state index contributed by atoms with van der Waals surface area (Å²) < 4.78 is 0. The average Bonchev–Trinajstić information content (AvgIpc) is 3.37. The summed E-state index contributed by atoms with van der Waals surface area (Å²) in [7, 11) is 0. The minimum absolute atomic E-state index is 1.08. The summed E-state index contributed by atoms with van der Waals surface area (Å²) >= 11 is 0. The molecule has 0 aliphatic heterocycles. The molecule has 0 atom stereocenters. The molecular formula is C62H43N. The van der Waals surface area contributed by atoms with Gasteiger partial charge in [0.25, 0.3) is 0 Å². The van der Waals surface area contributed by atoms with Gasteiger partial charge in [-0.2, -0.15) is 0 Å². The van der Waals surface area contributed by atoms with E-state index in [0.717, 1.165) is 22.6 Å². The number of rotatable bonds is 9. The first-order chi connectivity index (χ1) is 31.3. The Hall–Kier alpha value is -8.26. The number of hydrogen-bond donors (Lipinski definition) is 0. The molecule has 296 valence electrons. The topological polar surface area (TPSA) is 3.24 Å².